The molecule has 6 heteroatoms. The van der Waals surface area contributed by atoms with E-state index >= 15 is 0 Å². The number of carboxylic acids is 1. The topological polar surface area (TPSA) is 66.4 Å². The molecule has 0 aliphatic heterocycles. The molecule has 3 rings (SSSR count). The van der Waals surface area contributed by atoms with Gasteiger partial charge in [-0.2, -0.15) is 0 Å². The molecule has 2 aromatic carbocycles. The summed E-state index contributed by atoms with van der Waals surface area (Å²) in [5.74, 6) is -1.47. The summed E-state index contributed by atoms with van der Waals surface area (Å²) in [5.41, 5.74) is 2.89. The van der Waals surface area contributed by atoms with E-state index < -0.39 is 11.9 Å². The Hall–Kier alpha value is -2.19. The Kier molecular flexibility index (Phi) is 6.98. The molecule has 4 nitrogen and oxygen atoms in total. The molecular weight excluding hydrogens is 509 g/mol. The highest BCUT2D eigenvalue weighted by atomic mass is 127. The fraction of sp³-hybridized carbons (Fsp3) is 0.250. The van der Waals surface area contributed by atoms with Crippen molar-refractivity contribution in [3.63, 3.8) is 0 Å². The molecule has 0 aliphatic carbocycles. The van der Waals surface area contributed by atoms with Crippen LogP contribution in [0.4, 0.5) is 5.69 Å². The second-order valence-electron chi connectivity index (χ2n) is 8.20. The lowest BCUT2D eigenvalue weighted by Gasteiger charge is -2.21. The minimum absolute atomic E-state index is 0.0294. The molecule has 2 N–H and O–H groups in total. The normalized spacial score (nSPS) is 12.4. The summed E-state index contributed by atoms with van der Waals surface area (Å²) in [6.45, 7) is 6.46. The first kappa shape index (κ1) is 22.5. The summed E-state index contributed by atoms with van der Waals surface area (Å²) >= 11 is 3.44. The Labute approximate surface area is 194 Å². The summed E-state index contributed by atoms with van der Waals surface area (Å²) in [4.78, 5) is 25.6. The number of amides is 1. The Morgan fingerprint density at radius 2 is 1.63 bits per heavy atom. The first-order chi connectivity index (χ1) is 14.1. The Bertz CT molecular complexity index is 1030. The number of nitrogens with one attached hydrogen (secondary N) is 1. The van der Waals surface area contributed by atoms with Crippen LogP contribution in [-0.2, 0) is 16.6 Å². The van der Waals surface area contributed by atoms with Gasteiger partial charge >= 0.3 is 5.97 Å². The van der Waals surface area contributed by atoms with Gasteiger partial charge in [0.15, 0.2) is 0 Å². The van der Waals surface area contributed by atoms with Crippen LogP contribution in [0.25, 0.3) is 0 Å². The average molecular weight is 533 g/mol. The van der Waals surface area contributed by atoms with Crippen LogP contribution in [0.15, 0.2) is 60.7 Å². The summed E-state index contributed by atoms with van der Waals surface area (Å²) in [5, 5.41) is 12.2. The number of anilines is 1. The molecular formula is C24H24INO3S. The number of hydrogen-bond acceptors (Lipinski definition) is 3. The van der Waals surface area contributed by atoms with Crippen molar-refractivity contribution in [2.75, 3.05) is 5.32 Å². The number of thiophene rings is 1. The SMILES string of the molecule is CC(C)(C)c1ccc(C(Cc2ccc(C(=O)O)s2)C(=O)Nc2ccc(I)cc2)cc1. The van der Waals surface area contributed by atoms with Crippen molar-refractivity contribution in [1.29, 1.82) is 0 Å². The predicted molar refractivity (Wildman–Crippen MR) is 131 cm³/mol. The Balaban J connectivity index is 1.89. The summed E-state index contributed by atoms with van der Waals surface area (Å²) < 4.78 is 1.10. The summed E-state index contributed by atoms with van der Waals surface area (Å²) in [6.07, 6.45) is 0.447. The van der Waals surface area contributed by atoms with Gasteiger partial charge in [-0.05, 0) is 82.0 Å². The number of carbonyl (C=O) groups excluding carboxylic acids is 1. The van der Waals surface area contributed by atoms with Gasteiger partial charge in [0.2, 0.25) is 5.91 Å². The first-order valence-corrected chi connectivity index (χ1v) is 11.5. The van der Waals surface area contributed by atoms with Gasteiger partial charge in [-0.25, -0.2) is 4.79 Å². The van der Waals surface area contributed by atoms with Crippen LogP contribution in [0.1, 0.15) is 52.4 Å². The number of rotatable bonds is 6. The molecule has 0 saturated heterocycles. The van der Waals surface area contributed by atoms with Crippen LogP contribution in [-0.4, -0.2) is 17.0 Å². The monoisotopic (exact) mass is 533 g/mol. The Morgan fingerprint density at radius 3 is 2.17 bits per heavy atom. The van der Waals surface area contributed by atoms with Gasteiger partial charge in [0.1, 0.15) is 4.88 Å². The van der Waals surface area contributed by atoms with Crippen molar-refractivity contribution in [3.8, 4) is 0 Å². The quantitative estimate of drug-likeness (QED) is 0.365. The standard InChI is InChI=1S/C24H24INO3S/c1-24(2,3)16-6-4-15(5-7-16)20(14-19-12-13-21(30-19)23(28)29)22(27)26-18-10-8-17(25)9-11-18/h4-13,20H,14H2,1-3H3,(H,26,27)(H,28,29). The van der Waals surface area contributed by atoms with E-state index in [9.17, 15) is 14.7 Å². The zero-order valence-electron chi connectivity index (χ0n) is 17.1. The molecule has 1 heterocycles. The second kappa shape index (κ2) is 9.31. The molecule has 0 bridgehead atoms. The van der Waals surface area contributed by atoms with Crippen LogP contribution in [0.2, 0.25) is 0 Å². The van der Waals surface area contributed by atoms with E-state index in [-0.39, 0.29) is 16.2 Å². The molecule has 1 atom stereocenters. The third-order valence-corrected chi connectivity index (χ3v) is 6.70. The zero-order valence-corrected chi connectivity index (χ0v) is 20.1. The van der Waals surface area contributed by atoms with Gasteiger partial charge in [0.25, 0.3) is 0 Å². The minimum atomic E-state index is -0.944. The van der Waals surface area contributed by atoms with Crippen LogP contribution >= 0.6 is 33.9 Å². The van der Waals surface area contributed by atoms with Gasteiger partial charge in [-0.1, -0.05) is 45.0 Å². The van der Waals surface area contributed by atoms with Crippen molar-refractivity contribution in [1.82, 2.24) is 0 Å². The third-order valence-electron chi connectivity index (χ3n) is 4.89. The molecule has 1 aromatic heterocycles. The van der Waals surface area contributed by atoms with E-state index in [1.807, 2.05) is 36.4 Å². The van der Waals surface area contributed by atoms with Gasteiger partial charge in [0.05, 0.1) is 5.92 Å². The number of carboxylic acid groups (broad SMARTS) is 1. The van der Waals surface area contributed by atoms with Crippen molar-refractivity contribution in [2.24, 2.45) is 0 Å². The molecule has 1 amide bonds. The molecule has 0 fully saturated rings. The van der Waals surface area contributed by atoms with Gasteiger partial charge in [-0.15, -0.1) is 11.3 Å². The van der Waals surface area contributed by atoms with E-state index in [4.69, 9.17) is 0 Å². The summed E-state index contributed by atoms with van der Waals surface area (Å²) in [7, 11) is 0. The average Bonchev–Trinajstić information content (AvgIpc) is 3.16. The predicted octanol–water partition coefficient (Wildman–Crippen LogP) is 6.31. The van der Waals surface area contributed by atoms with Crippen molar-refractivity contribution < 1.29 is 14.7 Å². The molecule has 156 valence electrons. The number of carbonyl (C=O) groups is 2. The van der Waals surface area contributed by atoms with Crippen molar-refractivity contribution >= 4 is 51.5 Å². The number of hydrogen-bond donors (Lipinski definition) is 2. The molecule has 0 spiro atoms. The van der Waals surface area contributed by atoms with E-state index in [0.29, 0.717) is 6.42 Å². The molecule has 3 aromatic rings. The van der Waals surface area contributed by atoms with Crippen molar-refractivity contribution in [3.05, 3.63) is 85.1 Å². The van der Waals surface area contributed by atoms with E-state index in [1.165, 1.54) is 16.9 Å². The van der Waals surface area contributed by atoms with Gasteiger partial charge < -0.3 is 10.4 Å². The maximum atomic E-state index is 13.2. The lowest BCUT2D eigenvalue weighted by atomic mass is 9.85. The van der Waals surface area contributed by atoms with Crippen molar-refractivity contribution in [2.45, 2.75) is 38.5 Å². The lowest BCUT2D eigenvalue weighted by Crippen LogP contribution is -2.23. The minimum Gasteiger partial charge on any atom is -0.477 e. The van der Waals surface area contributed by atoms with Crippen LogP contribution in [0.3, 0.4) is 0 Å². The molecule has 30 heavy (non-hydrogen) atoms. The van der Waals surface area contributed by atoms with Crippen LogP contribution in [0, 0.1) is 3.57 Å². The zero-order chi connectivity index (χ0) is 21.9. The molecule has 1 unspecified atom stereocenters. The Morgan fingerprint density at radius 1 is 1.00 bits per heavy atom. The first-order valence-electron chi connectivity index (χ1n) is 9.62. The third kappa shape index (κ3) is 5.70. The maximum absolute atomic E-state index is 13.2. The van der Waals surface area contributed by atoms with Gasteiger partial charge in [0, 0.05) is 14.1 Å². The van der Waals surface area contributed by atoms with Crippen LogP contribution < -0.4 is 5.32 Å². The molecule has 0 aliphatic rings. The van der Waals surface area contributed by atoms with E-state index in [1.54, 1.807) is 12.1 Å². The van der Waals surface area contributed by atoms with Crippen LogP contribution in [0.5, 0.6) is 0 Å². The number of benzene rings is 2. The highest BCUT2D eigenvalue weighted by molar-refractivity contribution is 14.1. The fourth-order valence-corrected chi connectivity index (χ4v) is 4.40. The second-order valence-corrected chi connectivity index (χ2v) is 10.6. The largest absolute Gasteiger partial charge is 0.477 e. The smallest absolute Gasteiger partial charge is 0.345 e. The maximum Gasteiger partial charge on any atom is 0.345 e. The van der Waals surface area contributed by atoms with E-state index in [2.05, 4.69) is 60.8 Å². The summed E-state index contributed by atoms with van der Waals surface area (Å²) in [6, 6.07) is 19.2. The highest BCUT2D eigenvalue weighted by Crippen LogP contribution is 2.29. The molecule has 0 saturated carbocycles. The van der Waals surface area contributed by atoms with E-state index in [0.717, 1.165) is 19.7 Å². The lowest BCUT2D eigenvalue weighted by molar-refractivity contribution is -0.117. The number of halogens is 1. The number of aromatic carboxylic acids is 1. The molecule has 0 radical (unpaired) electrons. The highest BCUT2D eigenvalue weighted by Gasteiger charge is 2.24. The van der Waals surface area contributed by atoms with Gasteiger partial charge in [-0.3, -0.25) is 4.79 Å². The fourth-order valence-electron chi connectivity index (χ4n) is 3.14.